The molecule has 0 atom stereocenters. The summed E-state index contributed by atoms with van der Waals surface area (Å²) in [5.74, 6) is 0. The van der Waals surface area contributed by atoms with E-state index in [-0.39, 0.29) is 0 Å². The van der Waals surface area contributed by atoms with Crippen LogP contribution in [-0.2, 0) is 6.42 Å². The number of para-hydroxylation sites is 1. The number of aliphatic imine (C=N–C) groups is 1. The molecule has 0 aliphatic rings. The molecule has 98 valence electrons. The largest absolute Gasteiger partial charge is 0.378 e. The third kappa shape index (κ3) is 4.45. The zero-order valence-electron chi connectivity index (χ0n) is 11.3. The van der Waals surface area contributed by atoms with Gasteiger partial charge in [-0.3, -0.25) is 0 Å². The Labute approximate surface area is 114 Å². The van der Waals surface area contributed by atoms with Crippen LogP contribution in [0.1, 0.15) is 12.0 Å². The number of nitrogens with two attached hydrogens (primary N) is 1. The number of thioether (sulfide) groups is 1. The summed E-state index contributed by atoms with van der Waals surface area (Å²) >= 11 is 1.44. The fourth-order valence-corrected chi connectivity index (χ4v) is 1.92. The average Bonchev–Trinajstić information content (AvgIpc) is 2.36. The van der Waals surface area contributed by atoms with Gasteiger partial charge in [0.15, 0.2) is 5.17 Å². The summed E-state index contributed by atoms with van der Waals surface area (Å²) in [4.78, 5) is 6.36. The molecule has 0 aliphatic heterocycles. The average molecular weight is 263 g/mol. The topological polar surface area (TPSA) is 41.6 Å². The van der Waals surface area contributed by atoms with E-state index in [4.69, 9.17) is 5.73 Å². The Morgan fingerprint density at radius 3 is 2.67 bits per heavy atom. The van der Waals surface area contributed by atoms with E-state index >= 15 is 0 Å². The summed E-state index contributed by atoms with van der Waals surface area (Å²) < 4.78 is 0. The van der Waals surface area contributed by atoms with Crippen LogP contribution in [0.2, 0.25) is 0 Å². The van der Waals surface area contributed by atoms with Crippen molar-refractivity contribution in [3.05, 3.63) is 42.1 Å². The first-order valence-corrected chi connectivity index (χ1v) is 7.08. The van der Waals surface area contributed by atoms with Gasteiger partial charge in [0.2, 0.25) is 0 Å². The number of aryl methyl sites for hydroxylation is 1. The zero-order valence-corrected chi connectivity index (χ0v) is 12.1. The molecule has 4 heteroatoms. The molecule has 0 amide bonds. The Morgan fingerprint density at radius 1 is 1.39 bits per heavy atom. The van der Waals surface area contributed by atoms with E-state index < -0.39 is 0 Å². The molecule has 0 spiro atoms. The Hall–Kier alpha value is -1.42. The number of anilines is 1. The van der Waals surface area contributed by atoms with Crippen molar-refractivity contribution in [3.63, 3.8) is 0 Å². The van der Waals surface area contributed by atoms with Crippen molar-refractivity contribution >= 4 is 22.6 Å². The lowest BCUT2D eigenvalue weighted by Crippen LogP contribution is -2.11. The highest BCUT2D eigenvalue weighted by Crippen LogP contribution is 2.21. The van der Waals surface area contributed by atoms with Crippen LogP contribution in [0, 0.1) is 0 Å². The van der Waals surface area contributed by atoms with E-state index in [0.717, 1.165) is 18.5 Å². The molecule has 0 saturated heterocycles. The van der Waals surface area contributed by atoms with Gasteiger partial charge in [-0.25, -0.2) is 4.99 Å². The van der Waals surface area contributed by atoms with Gasteiger partial charge in [0.05, 0.1) is 0 Å². The smallest absolute Gasteiger partial charge is 0.158 e. The summed E-state index contributed by atoms with van der Waals surface area (Å²) in [5, 5.41) is 0.570. The standard InChI is InChI=1S/C14H21N3S/c1-11(16-14(15)18-4)9-10-12-7-5-6-8-13(12)17(2)3/h5-8H,1,9-10H2,2-4H3,(H2,15,16). The number of allylic oxidation sites excluding steroid dienone is 1. The second-order valence-corrected chi connectivity index (χ2v) is 5.07. The van der Waals surface area contributed by atoms with E-state index in [1.807, 2.05) is 6.26 Å². The number of nitrogens with zero attached hydrogens (tertiary/aromatic N) is 2. The Kier molecular flexibility index (Phi) is 5.78. The van der Waals surface area contributed by atoms with Crippen LogP contribution in [-0.4, -0.2) is 25.5 Å². The lowest BCUT2D eigenvalue weighted by atomic mass is 10.1. The molecular formula is C14H21N3S. The van der Waals surface area contributed by atoms with Crippen LogP contribution in [0.4, 0.5) is 5.69 Å². The van der Waals surface area contributed by atoms with Crippen LogP contribution >= 0.6 is 11.8 Å². The molecule has 1 rings (SSSR count). The van der Waals surface area contributed by atoms with Crippen molar-refractivity contribution < 1.29 is 0 Å². The van der Waals surface area contributed by atoms with Crippen molar-refractivity contribution in [2.24, 2.45) is 10.7 Å². The first kappa shape index (κ1) is 14.6. The van der Waals surface area contributed by atoms with Gasteiger partial charge in [0, 0.05) is 25.5 Å². The summed E-state index contributed by atoms with van der Waals surface area (Å²) in [6, 6.07) is 8.38. The lowest BCUT2D eigenvalue weighted by molar-refractivity contribution is 0.922. The van der Waals surface area contributed by atoms with Gasteiger partial charge in [-0.1, -0.05) is 36.5 Å². The minimum atomic E-state index is 0.570. The quantitative estimate of drug-likeness (QED) is 0.656. The molecule has 18 heavy (non-hydrogen) atoms. The molecule has 0 aliphatic carbocycles. The highest BCUT2D eigenvalue weighted by molar-refractivity contribution is 8.13. The predicted molar refractivity (Wildman–Crippen MR) is 83.4 cm³/mol. The van der Waals surface area contributed by atoms with Gasteiger partial charge in [0.25, 0.3) is 0 Å². The number of hydrogen-bond acceptors (Lipinski definition) is 3. The third-order valence-electron chi connectivity index (χ3n) is 2.63. The fraction of sp³-hybridized carbons (Fsp3) is 0.357. The Bertz CT molecular complexity index is 438. The van der Waals surface area contributed by atoms with E-state index in [0.29, 0.717) is 5.17 Å². The third-order valence-corrected chi connectivity index (χ3v) is 3.14. The maximum absolute atomic E-state index is 5.66. The summed E-state index contributed by atoms with van der Waals surface area (Å²) in [7, 11) is 4.11. The first-order chi connectivity index (χ1) is 8.54. The molecule has 2 N–H and O–H groups in total. The normalized spacial score (nSPS) is 11.4. The number of amidine groups is 1. The second-order valence-electron chi connectivity index (χ2n) is 4.24. The van der Waals surface area contributed by atoms with Crippen molar-refractivity contribution in [2.45, 2.75) is 12.8 Å². The van der Waals surface area contributed by atoms with Crippen LogP contribution in [0.15, 0.2) is 41.5 Å². The van der Waals surface area contributed by atoms with Crippen LogP contribution < -0.4 is 10.6 Å². The predicted octanol–water partition coefficient (Wildman–Crippen LogP) is 2.88. The Balaban J connectivity index is 2.67. The van der Waals surface area contributed by atoms with Gasteiger partial charge < -0.3 is 10.6 Å². The molecule has 0 heterocycles. The van der Waals surface area contributed by atoms with E-state index in [2.05, 4.69) is 54.8 Å². The molecule has 1 aromatic carbocycles. The number of rotatable bonds is 5. The van der Waals surface area contributed by atoms with Crippen molar-refractivity contribution in [2.75, 3.05) is 25.3 Å². The highest BCUT2D eigenvalue weighted by Gasteiger charge is 2.04. The molecule has 0 fully saturated rings. The number of hydrogen-bond donors (Lipinski definition) is 1. The molecule has 0 bridgehead atoms. The van der Waals surface area contributed by atoms with Gasteiger partial charge in [0.1, 0.15) is 0 Å². The van der Waals surface area contributed by atoms with Gasteiger partial charge in [-0.05, 0) is 30.7 Å². The monoisotopic (exact) mass is 263 g/mol. The molecule has 3 nitrogen and oxygen atoms in total. The number of benzene rings is 1. The summed E-state index contributed by atoms with van der Waals surface area (Å²) in [6.07, 6.45) is 3.66. The van der Waals surface area contributed by atoms with Crippen molar-refractivity contribution in [1.29, 1.82) is 0 Å². The maximum Gasteiger partial charge on any atom is 0.158 e. The fourth-order valence-electron chi connectivity index (χ4n) is 1.69. The minimum Gasteiger partial charge on any atom is -0.378 e. The molecule has 1 aromatic rings. The summed E-state index contributed by atoms with van der Waals surface area (Å²) in [6.45, 7) is 3.94. The van der Waals surface area contributed by atoms with E-state index in [1.54, 1.807) is 0 Å². The molecule has 0 saturated carbocycles. The first-order valence-electron chi connectivity index (χ1n) is 5.85. The summed E-state index contributed by atoms with van der Waals surface area (Å²) in [5.41, 5.74) is 9.04. The minimum absolute atomic E-state index is 0.570. The van der Waals surface area contributed by atoms with Gasteiger partial charge >= 0.3 is 0 Å². The SMILES string of the molecule is C=C(CCc1ccccc1N(C)C)N=C(N)SC. The molecule has 0 unspecified atom stereocenters. The maximum atomic E-state index is 5.66. The Morgan fingerprint density at radius 2 is 2.06 bits per heavy atom. The van der Waals surface area contributed by atoms with E-state index in [1.165, 1.54) is 23.0 Å². The molecule has 0 radical (unpaired) electrons. The van der Waals surface area contributed by atoms with Gasteiger partial charge in [-0.2, -0.15) is 0 Å². The van der Waals surface area contributed by atoms with Crippen molar-refractivity contribution in [3.8, 4) is 0 Å². The molecule has 0 aromatic heterocycles. The van der Waals surface area contributed by atoms with Gasteiger partial charge in [-0.15, -0.1) is 0 Å². The second kappa shape index (κ2) is 7.11. The van der Waals surface area contributed by atoms with Crippen molar-refractivity contribution in [1.82, 2.24) is 0 Å². The highest BCUT2D eigenvalue weighted by atomic mass is 32.2. The van der Waals surface area contributed by atoms with Crippen LogP contribution in [0.3, 0.4) is 0 Å². The molecular weight excluding hydrogens is 242 g/mol. The lowest BCUT2D eigenvalue weighted by Gasteiger charge is -2.17. The van der Waals surface area contributed by atoms with Crippen LogP contribution in [0.25, 0.3) is 0 Å². The zero-order chi connectivity index (χ0) is 13.5. The van der Waals surface area contributed by atoms with Crippen LogP contribution in [0.5, 0.6) is 0 Å². The van der Waals surface area contributed by atoms with E-state index in [9.17, 15) is 0 Å².